The number of fused-ring (bicyclic) bond motifs is 1. The SMILES string of the molecule is CN1CC[C@@H](NC(=O)c2ccc3cc(Br)ccc3c2)C1=O. The molecule has 1 N–H and O–H groups in total. The van der Waals surface area contributed by atoms with Crippen LogP contribution in [0.1, 0.15) is 16.8 Å². The van der Waals surface area contributed by atoms with Crippen LogP contribution >= 0.6 is 15.9 Å². The first kappa shape index (κ1) is 14.1. The van der Waals surface area contributed by atoms with Crippen molar-refractivity contribution in [1.29, 1.82) is 0 Å². The molecule has 0 aromatic heterocycles. The van der Waals surface area contributed by atoms with Crippen LogP contribution in [0.5, 0.6) is 0 Å². The average molecular weight is 347 g/mol. The van der Waals surface area contributed by atoms with Crippen LogP contribution in [0.2, 0.25) is 0 Å². The molecule has 0 unspecified atom stereocenters. The van der Waals surface area contributed by atoms with Gasteiger partial charge in [0.05, 0.1) is 0 Å². The lowest BCUT2D eigenvalue weighted by Crippen LogP contribution is -2.40. The molecule has 0 spiro atoms. The number of likely N-dealkylation sites (N-methyl/N-ethyl adjacent to an activating group) is 1. The minimum absolute atomic E-state index is 0.0203. The Morgan fingerprint density at radius 1 is 1.24 bits per heavy atom. The van der Waals surface area contributed by atoms with Gasteiger partial charge in [-0.3, -0.25) is 9.59 Å². The molecular formula is C16H15BrN2O2. The van der Waals surface area contributed by atoms with Crippen molar-refractivity contribution < 1.29 is 9.59 Å². The van der Waals surface area contributed by atoms with Gasteiger partial charge in [0.25, 0.3) is 5.91 Å². The summed E-state index contributed by atoms with van der Waals surface area (Å²) in [6, 6.07) is 11.1. The lowest BCUT2D eigenvalue weighted by Gasteiger charge is -2.12. The molecular weight excluding hydrogens is 332 g/mol. The Morgan fingerprint density at radius 3 is 2.67 bits per heavy atom. The summed E-state index contributed by atoms with van der Waals surface area (Å²) in [4.78, 5) is 25.7. The molecule has 2 aromatic rings. The van der Waals surface area contributed by atoms with Crippen LogP contribution < -0.4 is 5.32 Å². The van der Waals surface area contributed by atoms with Crippen LogP contribution in [-0.2, 0) is 4.79 Å². The fraction of sp³-hybridized carbons (Fsp3) is 0.250. The Morgan fingerprint density at radius 2 is 1.95 bits per heavy atom. The molecule has 1 saturated heterocycles. The summed E-state index contributed by atoms with van der Waals surface area (Å²) in [5.74, 6) is -0.221. The number of hydrogen-bond donors (Lipinski definition) is 1. The lowest BCUT2D eigenvalue weighted by molar-refractivity contribution is -0.128. The van der Waals surface area contributed by atoms with Gasteiger partial charge in [0, 0.05) is 23.6 Å². The van der Waals surface area contributed by atoms with Gasteiger partial charge in [-0.25, -0.2) is 0 Å². The molecule has 1 aliphatic rings. The van der Waals surface area contributed by atoms with Crippen LogP contribution in [0, 0.1) is 0 Å². The van der Waals surface area contributed by atoms with Crippen LogP contribution in [0.25, 0.3) is 10.8 Å². The first-order chi connectivity index (χ1) is 10.0. The van der Waals surface area contributed by atoms with Crippen molar-refractivity contribution in [1.82, 2.24) is 10.2 Å². The van der Waals surface area contributed by atoms with E-state index in [0.717, 1.165) is 15.2 Å². The molecule has 1 fully saturated rings. The predicted molar refractivity (Wildman–Crippen MR) is 85.2 cm³/mol. The Balaban J connectivity index is 1.81. The van der Waals surface area contributed by atoms with Crippen molar-refractivity contribution in [3.63, 3.8) is 0 Å². The van der Waals surface area contributed by atoms with E-state index in [1.807, 2.05) is 30.3 Å². The summed E-state index contributed by atoms with van der Waals surface area (Å²) < 4.78 is 1.01. The van der Waals surface area contributed by atoms with E-state index >= 15 is 0 Å². The van der Waals surface area contributed by atoms with Gasteiger partial charge in [-0.1, -0.05) is 28.1 Å². The second kappa shape index (κ2) is 5.48. The van der Waals surface area contributed by atoms with Gasteiger partial charge in [-0.15, -0.1) is 0 Å². The Labute approximate surface area is 131 Å². The smallest absolute Gasteiger partial charge is 0.251 e. The summed E-state index contributed by atoms with van der Waals surface area (Å²) in [5.41, 5.74) is 0.576. The molecule has 1 heterocycles. The highest BCUT2D eigenvalue weighted by molar-refractivity contribution is 9.10. The lowest BCUT2D eigenvalue weighted by atomic mass is 10.1. The number of carbonyl (C=O) groups excluding carboxylic acids is 2. The molecule has 0 bridgehead atoms. The zero-order valence-electron chi connectivity index (χ0n) is 11.6. The van der Waals surface area contributed by atoms with Crippen molar-refractivity contribution in [2.75, 3.05) is 13.6 Å². The van der Waals surface area contributed by atoms with Crippen LogP contribution in [-0.4, -0.2) is 36.3 Å². The molecule has 1 aliphatic heterocycles. The summed E-state index contributed by atoms with van der Waals surface area (Å²) >= 11 is 3.43. The fourth-order valence-corrected chi connectivity index (χ4v) is 2.93. The molecule has 1 atom stereocenters. The number of carbonyl (C=O) groups is 2. The number of likely N-dealkylation sites (tertiary alicyclic amines) is 1. The summed E-state index contributed by atoms with van der Waals surface area (Å²) in [7, 11) is 1.75. The third kappa shape index (κ3) is 2.78. The zero-order chi connectivity index (χ0) is 15.0. The molecule has 2 aromatic carbocycles. The number of hydrogen-bond acceptors (Lipinski definition) is 2. The van der Waals surface area contributed by atoms with Crippen molar-refractivity contribution in [3.8, 4) is 0 Å². The van der Waals surface area contributed by atoms with Crippen LogP contribution in [0.4, 0.5) is 0 Å². The van der Waals surface area contributed by atoms with Gasteiger partial charge in [0.1, 0.15) is 6.04 Å². The largest absolute Gasteiger partial charge is 0.344 e. The molecule has 0 aliphatic carbocycles. The molecule has 2 amide bonds. The maximum atomic E-state index is 12.3. The Kier molecular flexibility index (Phi) is 3.68. The van der Waals surface area contributed by atoms with Gasteiger partial charge in [0.2, 0.25) is 5.91 Å². The third-order valence-electron chi connectivity index (χ3n) is 3.80. The highest BCUT2D eigenvalue weighted by Gasteiger charge is 2.30. The number of halogens is 1. The summed E-state index contributed by atoms with van der Waals surface area (Å²) in [5, 5.41) is 4.88. The van der Waals surface area contributed by atoms with Gasteiger partial charge in [-0.05, 0) is 41.5 Å². The van der Waals surface area contributed by atoms with Gasteiger partial charge >= 0.3 is 0 Å². The Hall–Kier alpha value is -1.88. The van der Waals surface area contributed by atoms with Crippen molar-refractivity contribution in [3.05, 3.63) is 46.4 Å². The van der Waals surface area contributed by atoms with E-state index in [1.54, 1.807) is 18.0 Å². The van der Waals surface area contributed by atoms with Crippen LogP contribution in [0.3, 0.4) is 0 Å². The molecule has 4 nitrogen and oxygen atoms in total. The topological polar surface area (TPSA) is 49.4 Å². The van der Waals surface area contributed by atoms with E-state index in [4.69, 9.17) is 0 Å². The maximum absolute atomic E-state index is 12.3. The number of nitrogens with one attached hydrogen (secondary N) is 1. The first-order valence-electron chi connectivity index (χ1n) is 6.80. The third-order valence-corrected chi connectivity index (χ3v) is 4.29. The normalized spacial score (nSPS) is 18.3. The van der Waals surface area contributed by atoms with E-state index in [9.17, 15) is 9.59 Å². The molecule has 3 rings (SSSR count). The van der Waals surface area contributed by atoms with E-state index < -0.39 is 6.04 Å². The van der Waals surface area contributed by atoms with Gasteiger partial charge in [-0.2, -0.15) is 0 Å². The zero-order valence-corrected chi connectivity index (χ0v) is 13.2. The minimum Gasteiger partial charge on any atom is -0.344 e. The minimum atomic E-state index is -0.400. The van der Waals surface area contributed by atoms with Gasteiger partial charge in [0.15, 0.2) is 0 Å². The van der Waals surface area contributed by atoms with E-state index in [-0.39, 0.29) is 11.8 Å². The second-order valence-corrected chi connectivity index (χ2v) is 6.20. The number of amides is 2. The number of rotatable bonds is 2. The fourth-order valence-electron chi connectivity index (χ4n) is 2.56. The van der Waals surface area contributed by atoms with Crippen molar-refractivity contribution >= 4 is 38.5 Å². The van der Waals surface area contributed by atoms with E-state index in [0.29, 0.717) is 18.5 Å². The Bertz CT molecular complexity index is 729. The highest BCUT2D eigenvalue weighted by atomic mass is 79.9. The van der Waals surface area contributed by atoms with Crippen molar-refractivity contribution in [2.24, 2.45) is 0 Å². The van der Waals surface area contributed by atoms with E-state index in [1.165, 1.54) is 0 Å². The number of benzene rings is 2. The van der Waals surface area contributed by atoms with E-state index in [2.05, 4.69) is 21.2 Å². The molecule has 108 valence electrons. The molecule has 0 radical (unpaired) electrons. The number of nitrogens with zero attached hydrogens (tertiary/aromatic N) is 1. The summed E-state index contributed by atoms with van der Waals surface area (Å²) in [6.07, 6.45) is 0.668. The van der Waals surface area contributed by atoms with Crippen LogP contribution in [0.15, 0.2) is 40.9 Å². The first-order valence-corrected chi connectivity index (χ1v) is 7.59. The second-order valence-electron chi connectivity index (χ2n) is 5.28. The highest BCUT2D eigenvalue weighted by Crippen LogP contribution is 2.21. The standard InChI is InChI=1S/C16H15BrN2O2/c1-19-7-6-14(16(19)21)18-15(20)12-3-2-11-9-13(17)5-4-10(11)8-12/h2-5,8-9,14H,6-7H2,1H3,(H,18,20)/t14-/m1/s1. The molecule has 0 saturated carbocycles. The molecule has 21 heavy (non-hydrogen) atoms. The summed E-state index contributed by atoms with van der Waals surface area (Å²) in [6.45, 7) is 0.690. The maximum Gasteiger partial charge on any atom is 0.251 e. The molecule has 5 heteroatoms. The van der Waals surface area contributed by atoms with Gasteiger partial charge < -0.3 is 10.2 Å². The predicted octanol–water partition coefficient (Wildman–Crippen LogP) is 2.56. The van der Waals surface area contributed by atoms with Crippen molar-refractivity contribution in [2.45, 2.75) is 12.5 Å². The monoisotopic (exact) mass is 346 g/mol. The quantitative estimate of drug-likeness (QED) is 0.908. The average Bonchev–Trinajstić information content (AvgIpc) is 2.78.